The van der Waals surface area contributed by atoms with Gasteiger partial charge in [0, 0.05) is 4.90 Å². The number of benzene rings is 1. The van der Waals surface area contributed by atoms with Crippen LogP contribution in [0.4, 0.5) is 5.69 Å². The summed E-state index contributed by atoms with van der Waals surface area (Å²) in [6.07, 6.45) is 3.88. The highest BCUT2D eigenvalue weighted by Gasteiger charge is 1.96. The molecule has 11 heavy (non-hydrogen) atoms. The lowest BCUT2D eigenvalue weighted by molar-refractivity contribution is 1.40. The molecule has 0 aromatic heterocycles. The van der Waals surface area contributed by atoms with Gasteiger partial charge in [-0.1, -0.05) is 12.1 Å². The highest BCUT2D eigenvalue weighted by Crippen LogP contribution is 2.23. The fourth-order valence-corrected chi connectivity index (χ4v) is 1.36. The van der Waals surface area contributed by atoms with E-state index in [-0.39, 0.29) is 0 Å². The summed E-state index contributed by atoms with van der Waals surface area (Å²) in [6, 6.07) is 7.72. The average molecular weight is 164 g/mol. The van der Waals surface area contributed by atoms with Crippen LogP contribution in [0.3, 0.4) is 0 Å². The Morgan fingerprint density at radius 3 is 2.82 bits per heavy atom. The van der Waals surface area contributed by atoms with E-state index in [1.807, 2.05) is 36.7 Å². The molecule has 0 aliphatic heterocycles. The number of hydrogen-bond donors (Lipinski definition) is 1. The van der Waals surface area contributed by atoms with Crippen molar-refractivity contribution >= 4 is 17.4 Å². The normalized spacial score (nSPS) is 8.73. The molecule has 0 amide bonds. The molecule has 0 radical (unpaired) electrons. The number of para-hydroxylation sites is 1. The molecule has 1 aromatic rings. The standard InChI is InChI=1S/C8H8N2S/c1-11-8-5-3-2-4-7(8)10-6-9/h2-5,10H,1H3. The highest BCUT2D eigenvalue weighted by atomic mass is 32.2. The van der Waals surface area contributed by atoms with Crippen LogP contribution < -0.4 is 5.32 Å². The maximum Gasteiger partial charge on any atom is 0.181 e. The Kier molecular flexibility index (Phi) is 2.82. The second-order valence-corrected chi connectivity index (χ2v) is 2.79. The summed E-state index contributed by atoms with van der Waals surface area (Å²) in [4.78, 5) is 1.09. The van der Waals surface area contributed by atoms with Gasteiger partial charge in [-0.2, -0.15) is 5.26 Å². The molecular weight excluding hydrogens is 156 g/mol. The first-order valence-corrected chi connectivity index (χ1v) is 4.39. The Hall–Kier alpha value is -1.14. The molecule has 0 atom stereocenters. The van der Waals surface area contributed by atoms with Gasteiger partial charge in [-0.25, -0.2) is 0 Å². The Labute approximate surface area is 70.2 Å². The molecule has 0 bridgehead atoms. The van der Waals surface area contributed by atoms with Crippen LogP contribution in [-0.4, -0.2) is 6.26 Å². The Bertz CT molecular complexity index is 278. The van der Waals surface area contributed by atoms with E-state index in [9.17, 15) is 0 Å². The van der Waals surface area contributed by atoms with Crippen LogP contribution >= 0.6 is 11.8 Å². The van der Waals surface area contributed by atoms with Crippen molar-refractivity contribution < 1.29 is 0 Å². The fourth-order valence-electron chi connectivity index (χ4n) is 0.808. The topological polar surface area (TPSA) is 35.8 Å². The summed E-state index contributed by atoms with van der Waals surface area (Å²) in [7, 11) is 0. The summed E-state index contributed by atoms with van der Waals surface area (Å²) in [6.45, 7) is 0. The lowest BCUT2D eigenvalue weighted by atomic mass is 10.3. The third-order valence-electron chi connectivity index (χ3n) is 1.30. The van der Waals surface area contributed by atoms with Gasteiger partial charge in [0.1, 0.15) is 0 Å². The quantitative estimate of drug-likeness (QED) is 0.414. The van der Waals surface area contributed by atoms with Gasteiger partial charge in [-0.15, -0.1) is 11.8 Å². The molecule has 0 aliphatic rings. The number of rotatable bonds is 2. The number of nitrogens with zero attached hydrogens (tertiary/aromatic N) is 1. The van der Waals surface area contributed by atoms with Gasteiger partial charge in [-0.05, 0) is 18.4 Å². The molecule has 0 unspecified atom stereocenters. The van der Waals surface area contributed by atoms with Gasteiger partial charge in [0.05, 0.1) is 5.69 Å². The predicted molar refractivity (Wildman–Crippen MR) is 47.5 cm³/mol. The summed E-state index contributed by atoms with van der Waals surface area (Å²) in [5.41, 5.74) is 0.877. The van der Waals surface area contributed by atoms with Crippen LogP contribution in [0.2, 0.25) is 0 Å². The zero-order valence-corrected chi connectivity index (χ0v) is 6.98. The summed E-state index contributed by atoms with van der Waals surface area (Å²) >= 11 is 1.62. The van der Waals surface area contributed by atoms with Crippen LogP contribution in [0.25, 0.3) is 0 Å². The highest BCUT2D eigenvalue weighted by molar-refractivity contribution is 7.98. The first kappa shape index (κ1) is 7.96. The number of hydrogen-bond acceptors (Lipinski definition) is 3. The van der Waals surface area contributed by atoms with Crippen LogP contribution in [0.5, 0.6) is 0 Å². The molecule has 0 saturated heterocycles. The van der Waals surface area contributed by atoms with Gasteiger partial charge in [0.25, 0.3) is 0 Å². The molecule has 0 spiro atoms. The van der Waals surface area contributed by atoms with E-state index < -0.39 is 0 Å². The van der Waals surface area contributed by atoms with E-state index in [0.717, 1.165) is 10.6 Å². The third-order valence-corrected chi connectivity index (χ3v) is 2.09. The van der Waals surface area contributed by atoms with E-state index in [1.165, 1.54) is 0 Å². The van der Waals surface area contributed by atoms with Crippen LogP contribution in [0.1, 0.15) is 0 Å². The largest absolute Gasteiger partial charge is 0.292 e. The lowest BCUT2D eigenvalue weighted by Gasteiger charge is -2.02. The smallest absolute Gasteiger partial charge is 0.181 e. The molecule has 0 heterocycles. The van der Waals surface area contributed by atoms with Crippen molar-refractivity contribution in [2.45, 2.75) is 4.90 Å². The molecule has 1 N–H and O–H groups in total. The predicted octanol–water partition coefficient (Wildman–Crippen LogP) is 2.30. The van der Waals surface area contributed by atoms with E-state index in [1.54, 1.807) is 11.8 Å². The molecular formula is C8H8N2S. The zero-order chi connectivity index (χ0) is 8.10. The number of nitrogens with one attached hydrogen (secondary N) is 1. The van der Waals surface area contributed by atoms with E-state index >= 15 is 0 Å². The van der Waals surface area contributed by atoms with Crippen LogP contribution in [0.15, 0.2) is 29.2 Å². The first-order chi connectivity index (χ1) is 5.38. The molecule has 56 valence electrons. The van der Waals surface area contributed by atoms with Crippen molar-refractivity contribution in [3.8, 4) is 6.19 Å². The summed E-state index contributed by atoms with van der Waals surface area (Å²) in [5.74, 6) is 0. The Morgan fingerprint density at radius 1 is 1.45 bits per heavy atom. The van der Waals surface area contributed by atoms with Gasteiger partial charge < -0.3 is 0 Å². The van der Waals surface area contributed by atoms with Crippen molar-refractivity contribution in [1.29, 1.82) is 5.26 Å². The first-order valence-electron chi connectivity index (χ1n) is 3.16. The van der Waals surface area contributed by atoms with Crippen molar-refractivity contribution in [2.24, 2.45) is 0 Å². The molecule has 0 fully saturated rings. The van der Waals surface area contributed by atoms with Crippen molar-refractivity contribution in [2.75, 3.05) is 11.6 Å². The van der Waals surface area contributed by atoms with Crippen molar-refractivity contribution in [3.05, 3.63) is 24.3 Å². The Balaban J connectivity index is 2.94. The minimum absolute atomic E-state index is 0.877. The van der Waals surface area contributed by atoms with Crippen LogP contribution in [0, 0.1) is 11.5 Å². The number of thioether (sulfide) groups is 1. The average Bonchev–Trinajstić information content (AvgIpc) is 2.06. The van der Waals surface area contributed by atoms with Gasteiger partial charge in [0.15, 0.2) is 6.19 Å². The molecule has 3 heteroatoms. The lowest BCUT2D eigenvalue weighted by Crippen LogP contribution is -1.88. The molecule has 0 saturated carbocycles. The van der Waals surface area contributed by atoms with Crippen LogP contribution in [-0.2, 0) is 0 Å². The zero-order valence-electron chi connectivity index (χ0n) is 6.16. The molecule has 1 aromatic carbocycles. The monoisotopic (exact) mass is 164 g/mol. The molecule has 2 nitrogen and oxygen atoms in total. The number of anilines is 1. The second kappa shape index (κ2) is 3.89. The maximum absolute atomic E-state index is 8.37. The summed E-state index contributed by atoms with van der Waals surface area (Å²) in [5, 5.41) is 11.0. The maximum atomic E-state index is 8.37. The molecule has 0 aliphatic carbocycles. The fraction of sp³-hybridized carbons (Fsp3) is 0.125. The molecule has 1 rings (SSSR count). The second-order valence-electron chi connectivity index (χ2n) is 1.94. The number of nitriles is 1. The van der Waals surface area contributed by atoms with Gasteiger partial charge in [0.2, 0.25) is 0 Å². The minimum Gasteiger partial charge on any atom is -0.292 e. The SMILES string of the molecule is CSc1ccccc1NC#N. The Morgan fingerprint density at radius 2 is 2.18 bits per heavy atom. The van der Waals surface area contributed by atoms with Crippen molar-refractivity contribution in [1.82, 2.24) is 0 Å². The third kappa shape index (κ3) is 1.89. The van der Waals surface area contributed by atoms with Crippen molar-refractivity contribution in [3.63, 3.8) is 0 Å². The van der Waals surface area contributed by atoms with E-state index in [0.29, 0.717) is 0 Å². The van der Waals surface area contributed by atoms with Gasteiger partial charge >= 0.3 is 0 Å². The van der Waals surface area contributed by atoms with E-state index in [2.05, 4.69) is 5.32 Å². The summed E-state index contributed by atoms with van der Waals surface area (Å²) < 4.78 is 0. The van der Waals surface area contributed by atoms with Gasteiger partial charge in [-0.3, -0.25) is 5.32 Å². The minimum atomic E-state index is 0.877. The van der Waals surface area contributed by atoms with E-state index in [4.69, 9.17) is 5.26 Å².